The van der Waals surface area contributed by atoms with Crippen LogP contribution in [0, 0.1) is 0 Å². The van der Waals surface area contributed by atoms with Gasteiger partial charge in [0.1, 0.15) is 0 Å². The number of nitrogens with one attached hydrogen (secondary N) is 1. The van der Waals surface area contributed by atoms with Crippen molar-refractivity contribution in [1.82, 2.24) is 14.8 Å². The third-order valence-corrected chi connectivity index (χ3v) is 5.75. The zero-order valence-corrected chi connectivity index (χ0v) is 15.8. The molecule has 1 N–H and O–H groups in total. The first-order chi connectivity index (χ1) is 13.8. The Bertz CT molecular complexity index is 1130. The molecule has 28 heavy (non-hydrogen) atoms. The highest BCUT2D eigenvalue weighted by Crippen LogP contribution is 2.22. The van der Waals surface area contributed by atoms with E-state index in [9.17, 15) is 4.79 Å². The Hall–Kier alpha value is -3.11. The maximum Gasteiger partial charge on any atom is 0.254 e. The summed E-state index contributed by atoms with van der Waals surface area (Å²) in [6.45, 7) is 4.25. The van der Waals surface area contributed by atoms with Gasteiger partial charge in [-0.25, -0.2) is 0 Å². The van der Waals surface area contributed by atoms with E-state index < -0.39 is 0 Å². The molecule has 1 aromatic heterocycles. The molecule has 0 atom stereocenters. The van der Waals surface area contributed by atoms with Crippen molar-refractivity contribution < 1.29 is 4.79 Å². The fraction of sp³-hybridized carbons (Fsp3) is 0.208. The van der Waals surface area contributed by atoms with Gasteiger partial charge < -0.3 is 9.88 Å². The van der Waals surface area contributed by atoms with Gasteiger partial charge in [0.25, 0.3) is 5.91 Å². The van der Waals surface area contributed by atoms with Gasteiger partial charge >= 0.3 is 0 Å². The monoisotopic (exact) mass is 369 g/mol. The molecule has 0 radical (unpaired) electrons. The van der Waals surface area contributed by atoms with Gasteiger partial charge in [-0.15, -0.1) is 0 Å². The van der Waals surface area contributed by atoms with Crippen LogP contribution >= 0.6 is 0 Å². The summed E-state index contributed by atoms with van der Waals surface area (Å²) in [4.78, 5) is 20.9. The number of amides is 1. The Morgan fingerprint density at radius 3 is 2.39 bits per heavy atom. The first-order valence-electron chi connectivity index (χ1n) is 9.84. The molecule has 1 fully saturated rings. The number of para-hydroxylation sites is 1. The minimum absolute atomic E-state index is 0.142. The Balaban J connectivity index is 1.28. The van der Waals surface area contributed by atoms with E-state index in [4.69, 9.17) is 0 Å². The van der Waals surface area contributed by atoms with Crippen molar-refractivity contribution in [2.75, 3.05) is 26.2 Å². The maximum atomic E-state index is 13.1. The van der Waals surface area contributed by atoms with Gasteiger partial charge in [0.2, 0.25) is 0 Å². The summed E-state index contributed by atoms with van der Waals surface area (Å²) in [5, 5.41) is 3.44. The van der Waals surface area contributed by atoms with Crippen LogP contribution in [0.5, 0.6) is 0 Å². The van der Waals surface area contributed by atoms with Crippen molar-refractivity contribution in [1.29, 1.82) is 0 Å². The summed E-state index contributed by atoms with van der Waals surface area (Å²) < 4.78 is 0. The molecule has 0 saturated carbocycles. The maximum absolute atomic E-state index is 13.1. The van der Waals surface area contributed by atoms with Gasteiger partial charge in [0.05, 0.1) is 0 Å². The number of nitrogens with zero attached hydrogens (tertiary/aromatic N) is 2. The van der Waals surface area contributed by atoms with Crippen LogP contribution in [0.2, 0.25) is 0 Å². The molecular formula is C24H23N3O. The summed E-state index contributed by atoms with van der Waals surface area (Å²) in [6, 6.07) is 22.5. The van der Waals surface area contributed by atoms with Crippen molar-refractivity contribution in [2.24, 2.45) is 0 Å². The molecule has 4 nitrogen and oxygen atoms in total. The Kier molecular flexibility index (Phi) is 4.34. The van der Waals surface area contributed by atoms with Gasteiger partial charge in [-0.1, -0.05) is 54.6 Å². The fourth-order valence-electron chi connectivity index (χ4n) is 4.19. The second-order valence-electron chi connectivity index (χ2n) is 7.45. The number of carbonyl (C=O) groups is 1. The lowest BCUT2D eigenvalue weighted by Crippen LogP contribution is -2.48. The third kappa shape index (κ3) is 3.06. The smallest absolute Gasteiger partial charge is 0.254 e. The van der Waals surface area contributed by atoms with Crippen molar-refractivity contribution in [3.8, 4) is 0 Å². The van der Waals surface area contributed by atoms with Crippen LogP contribution in [0.1, 0.15) is 15.9 Å². The van der Waals surface area contributed by atoms with E-state index >= 15 is 0 Å². The average molecular weight is 369 g/mol. The topological polar surface area (TPSA) is 39.3 Å². The van der Waals surface area contributed by atoms with Crippen LogP contribution in [-0.4, -0.2) is 46.9 Å². The molecular weight excluding hydrogens is 346 g/mol. The molecule has 1 amide bonds. The van der Waals surface area contributed by atoms with Crippen LogP contribution in [0.25, 0.3) is 21.7 Å². The highest BCUT2D eigenvalue weighted by molar-refractivity contribution is 6.07. The number of hydrogen-bond donors (Lipinski definition) is 1. The largest absolute Gasteiger partial charge is 0.361 e. The van der Waals surface area contributed by atoms with E-state index in [0.717, 1.165) is 49.1 Å². The third-order valence-electron chi connectivity index (χ3n) is 5.75. The molecule has 4 heteroatoms. The number of piperazine rings is 1. The van der Waals surface area contributed by atoms with Crippen molar-refractivity contribution in [3.63, 3.8) is 0 Å². The Morgan fingerprint density at radius 2 is 1.54 bits per heavy atom. The molecule has 140 valence electrons. The standard InChI is InChI=1S/C24H23N3O/c28-24(22-10-5-7-18-6-1-2-8-20(18)22)27-14-12-26(13-15-27)17-19-16-25-23-11-4-3-9-21(19)23/h1-11,16,25H,12-15,17H2. The molecule has 0 aliphatic carbocycles. The molecule has 4 aromatic rings. The minimum atomic E-state index is 0.142. The molecule has 1 aliphatic heterocycles. The summed E-state index contributed by atoms with van der Waals surface area (Å²) in [5.41, 5.74) is 3.31. The number of rotatable bonds is 3. The normalized spacial score (nSPS) is 15.4. The lowest BCUT2D eigenvalue weighted by molar-refractivity contribution is 0.0631. The van der Waals surface area contributed by atoms with Crippen LogP contribution in [0.4, 0.5) is 0 Å². The highest BCUT2D eigenvalue weighted by Gasteiger charge is 2.23. The molecule has 5 rings (SSSR count). The van der Waals surface area contributed by atoms with Gasteiger partial charge in [-0.05, 0) is 28.5 Å². The summed E-state index contributed by atoms with van der Waals surface area (Å²) in [7, 11) is 0. The zero-order valence-electron chi connectivity index (χ0n) is 15.8. The molecule has 0 unspecified atom stereocenters. The van der Waals surface area contributed by atoms with Crippen molar-refractivity contribution in [2.45, 2.75) is 6.54 Å². The van der Waals surface area contributed by atoms with Crippen LogP contribution in [0.15, 0.2) is 72.9 Å². The second kappa shape index (κ2) is 7.13. The zero-order chi connectivity index (χ0) is 18.9. The molecule has 1 aliphatic rings. The molecule has 0 spiro atoms. The van der Waals surface area contributed by atoms with Crippen molar-refractivity contribution >= 4 is 27.6 Å². The predicted octanol–water partition coefficient (Wildman–Crippen LogP) is 4.28. The summed E-state index contributed by atoms with van der Waals surface area (Å²) in [5.74, 6) is 0.142. The molecule has 3 aromatic carbocycles. The first-order valence-corrected chi connectivity index (χ1v) is 9.84. The first kappa shape index (κ1) is 17.0. The predicted molar refractivity (Wildman–Crippen MR) is 113 cm³/mol. The number of fused-ring (bicyclic) bond motifs is 2. The Labute approximate surface area is 164 Å². The van der Waals surface area contributed by atoms with Gasteiger partial charge in [0.15, 0.2) is 0 Å². The van der Waals surface area contributed by atoms with E-state index in [1.807, 2.05) is 35.2 Å². The summed E-state index contributed by atoms with van der Waals surface area (Å²) >= 11 is 0. The van der Waals surface area contributed by atoms with Crippen LogP contribution in [0.3, 0.4) is 0 Å². The number of hydrogen-bond acceptors (Lipinski definition) is 2. The van der Waals surface area contributed by atoms with Gasteiger partial charge in [-0.2, -0.15) is 0 Å². The van der Waals surface area contributed by atoms with E-state index in [1.165, 1.54) is 16.5 Å². The second-order valence-corrected chi connectivity index (χ2v) is 7.45. The number of aromatic nitrogens is 1. The molecule has 0 bridgehead atoms. The lowest BCUT2D eigenvalue weighted by Gasteiger charge is -2.35. The lowest BCUT2D eigenvalue weighted by atomic mass is 10.0. The summed E-state index contributed by atoms with van der Waals surface area (Å²) in [6.07, 6.45) is 2.11. The average Bonchev–Trinajstić information content (AvgIpc) is 3.16. The Morgan fingerprint density at radius 1 is 0.821 bits per heavy atom. The van der Waals surface area contributed by atoms with Gasteiger partial charge in [0, 0.05) is 55.4 Å². The number of H-pyrrole nitrogens is 1. The molecule has 2 heterocycles. The SMILES string of the molecule is O=C(c1cccc2ccccc12)N1CCN(Cc2c[nH]c3ccccc23)CC1. The number of aromatic amines is 1. The van der Waals surface area contributed by atoms with E-state index in [0.29, 0.717) is 0 Å². The van der Waals surface area contributed by atoms with Crippen LogP contribution in [-0.2, 0) is 6.54 Å². The van der Waals surface area contributed by atoms with Crippen molar-refractivity contribution in [3.05, 3.63) is 84.1 Å². The van der Waals surface area contributed by atoms with E-state index in [-0.39, 0.29) is 5.91 Å². The van der Waals surface area contributed by atoms with Crippen LogP contribution < -0.4 is 0 Å². The quantitative estimate of drug-likeness (QED) is 0.585. The molecule has 1 saturated heterocycles. The van der Waals surface area contributed by atoms with E-state index in [2.05, 4.69) is 52.5 Å². The number of carbonyl (C=O) groups excluding carboxylic acids is 1. The fourth-order valence-corrected chi connectivity index (χ4v) is 4.19. The minimum Gasteiger partial charge on any atom is -0.361 e. The number of benzene rings is 3. The van der Waals surface area contributed by atoms with E-state index in [1.54, 1.807) is 0 Å². The highest BCUT2D eigenvalue weighted by atomic mass is 16.2. The van der Waals surface area contributed by atoms with Gasteiger partial charge in [-0.3, -0.25) is 9.69 Å².